The lowest BCUT2D eigenvalue weighted by Gasteiger charge is -2.30. The van der Waals surface area contributed by atoms with E-state index in [9.17, 15) is 9.18 Å². The van der Waals surface area contributed by atoms with E-state index < -0.39 is 0 Å². The van der Waals surface area contributed by atoms with Crippen molar-refractivity contribution in [2.45, 2.75) is 18.9 Å². The largest absolute Gasteiger partial charge is 0.467 e. The molecule has 1 amide bonds. The van der Waals surface area contributed by atoms with Gasteiger partial charge in [0.15, 0.2) is 0 Å². The number of amides is 1. The molecule has 0 bridgehead atoms. The molecule has 3 aromatic rings. The zero-order chi connectivity index (χ0) is 19.5. The lowest BCUT2D eigenvalue weighted by atomic mass is 10.1. The van der Waals surface area contributed by atoms with Gasteiger partial charge in [0.2, 0.25) is 5.91 Å². The Kier molecular flexibility index (Phi) is 5.59. The molecule has 1 aliphatic heterocycles. The first-order valence-corrected chi connectivity index (χ1v) is 10.2. The maximum absolute atomic E-state index is 13.3. The normalized spacial score (nSPS) is 15.4. The molecule has 0 atom stereocenters. The van der Waals surface area contributed by atoms with Crippen LogP contribution in [-0.2, 0) is 4.79 Å². The Bertz CT molecular complexity index is 1030. The summed E-state index contributed by atoms with van der Waals surface area (Å²) in [7, 11) is 0. The van der Waals surface area contributed by atoms with Crippen molar-refractivity contribution >= 4 is 45.1 Å². The van der Waals surface area contributed by atoms with E-state index in [1.54, 1.807) is 29.2 Å². The number of nitrogens with zero attached hydrogens (tertiary/aromatic N) is 2. The van der Waals surface area contributed by atoms with Gasteiger partial charge >= 0.3 is 0 Å². The molecule has 1 fully saturated rings. The van der Waals surface area contributed by atoms with Gasteiger partial charge in [-0.1, -0.05) is 41.1 Å². The maximum Gasteiger partial charge on any atom is 0.274 e. The summed E-state index contributed by atoms with van der Waals surface area (Å²) in [5, 5.41) is 1.17. The number of ether oxygens (including phenoxy) is 1. The number of piperidine rings is 1. The van der Waals surface area contributed by atoms with Crippen LogP contribution in [0.3, 0.4) is 0 Å². The molecular weight excluding hydrogens is 399 g/mol. The van der Waals surface area contributed by atoms with E-state index in [0.29, 0.717) is 23.3 Å². The third kappa shape index (κ3) is 4.34. The molecule has 4 nitrogen and oxygen atoms in total. The molecule has 0 spiro atoms. The number of halogens is 2. The number of fused-ring (bicyclic) bond motifs is 1. The van der Waals surface area contributed by atoms with Crippen LogP contribution in [0.5, 0.6) is 5.19 Å². The molecule has 1 aromatic heterocycles. The summed E-state index contributed by atoms with van der Waals surface area (Å²) < 4.78 is 20.0. The second-order valence-corrected chi connectivity index (χ2v) is 7.99. The van der Waals surface area contributed by atoms with Crippen molar-refractivity contribution in [2.24, 2.45) is 0 Å². The number of benzene rings is 2. The zero-order valence-corrected chi connectivity index (χ0v) is 16.5. The van der Waals surface area contributed by atoms with Crippen molar-refractivity contribution in [1.82, 2.24) is 9.88 Å². The van der Waals surface area contributed by atoms with E-state index in [-0.39, 0.29) is 17.8 Å². The van der Waals surface area contributed by atoms with Crippen LogP contribution in [0.4, 0.5) is 4.39 Å². The number of rotatable bonds is 4. The SMILES string of the molecule is O=C(/C=C/c1ccccc1Cl)N1CCC(Oc2nc3ccc(F)cc3s2)CC1. The van der Waals surface area contributed by atoms with Crippen LogP contribution in [0.1, 0.15) is 18.4 Å². The Morgan fingerprint density at radius 2 is 2.04 bits per heavy atom. The van der Waals surface area contributed by atoms with Gasteiger partial charge in [-0.3, -0.25) is 4.79 Å². The predicted molar refractivity (Wildman–Crippen MR) is 110 cm³/mol. The molecule has 7 heteroatoms. The summed E-state index contributed by atoms with van der Waals surface area (Å²) in [6.45, 7) is 1.24. The van der Waals surface area contributed by atoms with E-state index in [1.165, 1.54) is 23.5 Å². The zero-order valence-electron chi connectivity index (χ0n) is 15.0. The minimum absolute atomic E-state index is 0.00186. The lowest BCUT2D eigenvalue weighted by Crippen LogP contribution is -2.41. The summed E-state index contributed by atoms with van der Waals surface area (Å²) in [4.78, 5) is 18.6. The van der Waals surface area contributed by atoms with Crippen molar-refractivity contribution in [3.05, 3.63) is 64.9 Å². The standard InChI is InChI=1S/C21H18ClFN2O2S/c22-17-4-2-1-3-14(17)5-8-20(26)25-11-9-16(10-12-25)27-21-24-18-7-6-15(23)13-19(18)28-21/h1-8,13,16H,9-12H2/b8-5+. The van der Waals surface area contributed by atoms with Crippen LogP contribution in [0.15, 0.2) is 48.5 Å². The average Bonchev–Trinajstić information content (AvgIpc) is 3.09. The fourth-order valence-corrected chi connectivity index (χ4v) is 4.25. The van der Waals surface area contributed by atoms with E-state index in [1.807, 2.05) is 18.2 Å². The second-order valence-electron chi connectivity index (χ2n) is 6.59. The Labute approximate surface area is 171 Å². The topological polar surface area (TPSA) is 42.4 Å². The molecule has 0 N–H and O–H groups in total. The molecule has 1 aliphatic rings. The summed E-state index contributed by atoms with van der Waals surface area (Å²) in [5.74, 6) is -0.312. The van der Waals surface area contributed by atoms with E-state index >= 15 is 0 Å². The third-order valence-corrected chi connectivity index (χ3v) is 5.92. The molecule has 2 aromatic carbocycles. The van der Waals surface area contributed by atoms with Crippen molar-refractivity contribution in [3.63, 3.8) is 0 Å². The van der Waals surface area contributed by atoms with Crippen LogP contribution in [0.25, 0.3) is 16.3 Å². The highest BCUT2D eigenvalue weighted by Gasteiger charge is 2.23. The van der Waals surface area contributed by atoms with Gasteiger partial charge in [0.1, 0.15) is 11.9 Å². The van der Waals surface area contributed by atoms with Crippen LogP contribution in [0, 0.1) is 5.82 Å². The first-order valence-electron chi connectivity index (χ1n) is 9.03. The predicted octanol–water partition coefficient (Wildman–Crippen LogP) is 5.17. The number of likely N-dealkylation sites (tertiary alicyclic amines) is 1. The van der Waals surface area contributed by atoms with Gasteiger partial charge in [-0.15, -0.1) is 0 Å². The molecule has 0 aliphatic carbocycles. The second kappa shape index (κ2) is 8.29. The van der Waals surface area contributed by atoms with Gasteiger partial charge in [-0.2, -0.15) is 0 Å². The van der Waals surface area contributed by atoms with Gasteiger partial charge in [-0.25, -0.2) is 9.37 Å². The van der Waals surface area contributed by atoms with E-state index in [4.69, 9.17) is 16.3 Å². The number of thiazole rings is 1. The van der Waals surface area contributed by atoms with Gasteiger partial charge in [0.25, 0.3) is 5.19 Å². The highest BCUT2D eigenvalue weighted by Crippen LogP contribution is 2.30. The van der Waals surface area contributed by atoms with Gasteiger partial charge in [0.05, 0.1) is 10.2 Å². The van der Waals surface area contributed by atoms with Gasteiger partial charge in [0, 0.05) is 37.0 Å². The number of carbonyl (C=O) groups is 1. The molecule has 144 valence electrons. The minimum Gasteiger partial charge on any atom is -0.467 e. The van der Waals surface area contributed by atoms with Crippen LogP contribution in [-0.4, -0.2) is 35.0 Å². The average molecular weight is 417 g/mol. The third-order valence-electron chi connectivity index (χ3n) is 4.66. The van der Waals surface area contributed by atoms with Gasteiger partial charge in [-0.05, 0) is 35.9 Å². The van der Waals surface area contributed by atoms with E-state index in [2.05, 4.69) is 4.98 Å². The fraction of sp³-hybridized carbons (Fsp3) is 0.238. The minimum atomic E-state index is -0.278. The van der Waals surface area contributed by atoms with Crippen molar-refractivity contribution in [1.29, 1.82) is 0 Å². The summed E-state index contributed by atoms with van der Waals surface area (Å²) >= 11 is 7.45. The molecule has 28 heavy (non-hydrogen) atoms. The van der Waals surface area contributed by atoms with Gasteiger partial charge < -0.3 is 9.64 Å². The first kappa shape index (κ1) is 18.9. The highest BCUT2D eigenvalue weighted by molar-refractivity contribution is 7.20. The number of carbonyl (C=O) groups excluding carboxylic acids is 1. The smallest absolute Gasteiger partial charge is 0.274 e. The Hall–Kier alpha value is -2.44. The molecule has 0 unspecified atom stereocenters. The van der Waals surface area contributed by atoms with Crippen LogP contribution >= 0.6 is 22.9 Å². The molecule has 1 saturated heterocycles. The Morgan fingerprint density at radius 3 is 2.82 bits per heavy atom. The summed E-state index contributed by atoms with van der Waals surface area (Å²) in [5.41, 5.74) is 1.56. The number of aromatic nitrogens is 1. The molecular formula is C21H18ClFN2O2S. The first-order chi connectivity index (χ1) is 13.6. The molecule has 0 radical (unpaired) electrons. The number of hydrogen-bond acceptors (Lipinski definition) is 4. The van der Waals surface area contributed by atoms with Crippen molar-refractivity contribution in [2.75, 3.05) is 13.1 Å². The molecule has 2 heterocycles. The fourth-order valence-electron chi connectivity index (χ4n) is 3.14. The molecule has 0 saturated carbocycles. The maximum atomic E-state index is 13.3. The van der Waals surface area contributed by atoms with Crippen molar-refractivity contribution < 1.29 is 13.9 Å². The highest BCUT2D eigenvalue weighted by atomic mass is 35.5. The summed E-state index contributed by atoms with van der Waals surface area (Å²) in [6.07, 6.45) is 4.77. The lowest BCUT2D eigenvalue weighted by molar-refractivity contribution is -0.127. The Morgan fingerprint density at radius 1 is 1.25 bits per heavy atom. The monoisotopic (exact) mass is 416 g/mol. The molecule has 4 rings (SSSR count). The van der Waals surface area contributed by atoms with Crippen molar-refractivity contribution in [3.8, 4) is 5.19 Å². The number of hydrogen-bond donors (Lipinski definition) is 0. The van der Waals surface area contributed by atoms with Crippen LogP contribution in [0.2, 0.25) is 5.02 Å². The quantitative estimate of drug-likeness (QED) is 0.551. The van der Waals surface area contributed by atoms with Crippen LogP contribution < -0.4 is 4.74 Å². The van der Waals surface area contributed by atoms with E-state index in [0.717, 1.165) is 28.6 Å². The summed E-state index contributed by atoms with van der Waals surface area (Å²) in [6, 6.07) is 11.9. The Balaban J connectivity index is 1.32.